The fraction of sp³-hybridized carbons (Fsp3) is 0.0385. The molecular weight excluding hydrogens is 438 g/mol. The molecule has 0 aliphatic carbocycles. The average Bonchev–Trinajstić information content (AvgIpc) is 2.82. The van der Waals surface area contributed by atoms with E-state index >= 15 is 0 Å². The lowest BCUT2D eigenvalue weighted by Gasteiger charge is -2.11. The average molecular weight is 456 g/mol. The zero-order valence-corrected chi connectivity index (χ0v) is 18.1. The number of nitrogens with zero attached hydrogens (tertiary/aromatic N) is 1. The Kier molecular flexibility index (Phi) is 5.28. The predicted octanol–water partition coefficient (Wildman–Crippen LogP) is 4.42. The highest BCUT2D eigenvalue weighted by molar-refractivity contribution is 6.35. The van der Waals surface area contributed by atoms with Crippen LogP contribution in [-0.2, 0) is 6.54 Å². The smallest absolute Gasteiger partial charge is 0.333 e. The summed E-state index contributed by atoms with van der Waals surface area (Å²) >= 11 is 6.20. The number of carbonyl (C=O) groups is 1. The Morgan fingerprint density at radius 3 is 2.55 bits per heavy atom. The second kappa shape index (κ2) is 8.41. The Balaban J connectivity index is 1.47. The number of hydrogen-bond donors (Lipinski definition) is 2. The van der Waals surface area contributed by atoms with Crippen LogP contribution < -0.4 is 16.6 Å². The molecule has 0 spiro atoms. The number of rotatable bonds is 4. The first-order chi connectivity index (χ1) is 16.0. The molecule has 0 aliphatic rings. The Morgan fingerprint density at radius 2 is 1.67 bits per heavy atom. The van der Waals surface area contributed by atoms with E-state index in [-0.39, 0.29) is 22.0 Å². The van der Waals surface area contributed by atoms with Gasteiger partial charge in [-0.2, -0.15) is 0 Å². The Labute approximate surface area is 193 Å². The van der Waals surface area contributed by atoms with Gasteiger partial charge in [0, 0.05) is 12.1 Å². The molecule has 1 amide bonds. The van der Waals surface area contributed by atoms with E-state index in [0.717, 1.165) is 20.9 Å². The van der Waals surface area contributed by atoms with Crippen LogP contribution in [-0.4, -0.2) is 15.5 Å². The van der Waals surface area contributed by atoms with Crippen LogP contribution in [0.4, 0.5) is 0 Å². The van der Waals surface area contributed by atoms with Crippen LogP contribution in [0, 0.1) is 0 Å². The number of nitrogens with one attached hydrogen (secondary N) is 2. The highest BCUT2D eigenvalue weighted by atomic mass is 35.5. The van der Waals surface area contributed by atoms with Gasteiger partial charge in [-0.25, -0.2) is 9.36 Å². The van der Waals surface area contributed by atoms with Gasteiger partial charge in [-0.1, -0.05) is 66.2 Å². The zero-order valence-electron chi connectivity index (χ0n) is 17.3. The summed E-state index contributed by atoms with van der Waals surface area (Å²) in [4.78, 5) is 41.2. The summed E-state index contributed by atoms with van der Waals surface area (Å²) in [6.07, 6.45) is 0. The standard InChI is InChI=1S/C26H18ClN3O3/c27-21-12-5-13-22-23(21)25(32)30(26(33)29-22)19-10-4-8-17(14-19)24(31)28-15-18-9-3-7-16-6-1-2-11-20(16)18/h1-14H,15H2,(H,28,31)(H,29,33). The number of amides is 1. The number of halogens is 1. The largest absolute Gasteiger partial charge is 0.348 e. The predicted molar refractivity (Wildman–Crippen MR) is 130 cm³/mol. The summed E-state index contributed by atoms with van der Waals surface area (Å²) in [5.41, 5.74) is 0.807. The maximum absolute atomic E-state index is 13.0. The molecule has 5 rings (SSSR count). The molecule has 0 radical (unpaired) electrons. The van der Waals surface area contributed by atoms with Gasteiger partial charge >= 0.3 is 5.69 Å². The topological polar surface area (TPSA) is 84.0 Å². The number of fused-ring (bicyclic) bond motifs is 2. The molecule has 162 valence electrons. The van der Waals surface area contributed by atoms with Crippen LogP contribution in [0.15, 0.2) is 94.5 Å². The molecule has 0 saturated heterocycles. The van der Waals surface area contributed by atoms with E-state index in [1.807, 2.05) is 42.5 Å². The van der Waals surface area contributed by atoms with Crippen LogP contribution in [0.25, 0.3) is 27.4 Å². The van der Waals surface area contributed by atoms with Crippen molar-refractivity contribution in [1.29, 1.82) is 0 Å². The van der Waals surface area contributed by atoms with E-state index in [4.69, 9.17) is 11.6 Å². The number of hydrogen-bond acceptors (Lipinski definition) is 3. The molecule has 5 aromatic rings. The van der Waals surface area contributed by atoms with Crippen LogP contribution in [0.5, 0.6) is 0 Å². The maximum atomic E-state index is 13.0. The summed E-state index contributed by atoms with van der Waals surface area (Å²) in [7, 11) is 0. The lowest BCUT2D eigenvalue weighted by Crippen LogP contribution is -2.34. The van der Waals surface area contributed by atoms with Gasteiger partial charge < -0.3 is 10.3 Å². The van der Waals surface area contributed by atoms with Gasteiger partial charge in [0.1, 0.15) is 0 Å². The quantitative estimate of drug-likeness (QED) is 0.421. The summed E-state index contributed by atoms with van der Waals surface area (Å²) in [5.74, 6) is -0.312. The molecule has 2 N–H and O–H groups in total. The third kappa shape index (κ3) is 3.81. The van der Waals surface area contributed by atoms with Crippen LogP contribution in [0.1, 0.15) is 15.9 Å². The monoisotopic (exact) mass is 455 g/mol. The molecule has 6 nitrogen and oxygen atoms in total. The molecule has 0 unspecified atom stereocenters. The number of H-pyrrole nitrogens is 1. The second-order valence-corrected chi connectivity index (χ2v) is 8.01. The molecule has 0 fully saturated rings. The van der Waals surface area contributed by atoms with E-state index < -0.39 is 11.2 Å². The van der Waals surface area contributed by atoms with Gasteiger partial charge in [-0.05, 0) is 46.7 Å². The lowest BCUT2D eigenvalue weighted by molar-refractivity contribution is 0.0951. The molecule has 7 heteroatoms. The minimum atomic E-state index is -0.608. The van der Waals surface area contributed by atoms with Gasteiger partial charge in [-0.15, -0.1) is 0 Å². The van der Waals surface area contributed by atoms with E-state index in [9.17, 15) is 14.4 Å². The minimum absolute atomic E-state index is 0.213. The van der Waals surface area contributed by atoms with Crippen molar-refractivity contribution in [2.24, 2.45) is 0 Å². The van der Waals surface area contributed by atoms with Gasteiger partial charge in [0.05, 0.1) is 21.6 Å². The first-order valence-corrected chi connectivity index (χ1v) is 10.7. The number of aromatic nitrogens is 2. The molecule has 0 bridgehead atoms. The maximum Gasteiger partial charge on any atom is 0.333 e. The normalized spacial score (nSPS) is 11.1. The van der Waals surface area contributed by atoms with E-state index in [1.54, 1.807) is 36.4 Å². The van der Waals surface area contributed by atoms with E-state index in [2.05, 4.69) is 10.3 Å². The fourth-order valence-electron chi connectivity index (χ4n) is 3.97. The van der Waals surface area contributed by atoms with Crippen molar-refractivity contribution >= 4 is 39.2 Å². The Hall–Kier alpha value is -4.16. The van der Waals surface area contributed by atoms with Gasteiger partial charge in [0.25, 0.3) is 11.5 Å². The van der Waals surface area contributed by atoms with Crippen LogP contribution in [0.2, 0.25) is 5.02 Å². The third-order valence-corrected chi connectivity index (χ3v) is 5.88. The molecule has 1 aromatic heterocycles. The van der Waals surface area contributed by atoms with Crippen LogP contribution >= 0.6 is 11.6 Å². The van der Waals surface area contributed by atoms with Crippen molar-refractivity contribution in [3.05, 3.63) is 122 Å². The highest BCUT2D eigenvalue weighted by Gasteiger charge is 2.14. The van der Waals surface area contributed by atoms with Crippen molar-refractivity contribution in [3.63, 3.8) is 0 Å². The third-order valence-electron chi connectivity index (χ3n) is 5.56. The number of aromatic amines is 1. The lowest BCUT2D eigenvalue weighted by atomic mass is 10.0. The summed E-state index contributed by atoms with van der Waals surface area (Å²) in [5, 5.41) is 5.54. The molecule has 0 saturated carbocycles. The zero-order chi connectivity index (χ0) is 22.9. The summed E-state index contributed by atoms with van der Waals surface area (Å²) in [6.45, 7) is 0.344. The van der Waals surface area contributed by atoms with Crippen molar-refractivity contribution in [2.75, 3.05) is 0 Å². The van der Waals surface area contributed by atoms with Gasteiger partial charge in [-0.3, -0.25) is 9.59 Å². The molecule has 0 atom stereocenters. The van der Waals surface area contributed by atoms with Crippen molar-refractivity contribution in [3.8, 4) is 5.69 Å². The van der Waals surface area contributed by atoms with Crippen molar-refractivity contribution in [2.45, 2.75) is 6.54 Å². The number of benzene rings is 4. The van der Waals surface area contributed by atoms with Gasteiger partial charge in [0.2, 0.25) is 0 Å². The summed E-state index contributed by atoms with van der Waals surface area (Å²) in [6, 6.07) is 25.2. The second-order valence-electron chi connectivity index (χ2n) is 7.60. The molecule has 33 heavy (non-hydrogen) atoms. The highest BCUT2D eigenvalue weighted by Crippen LogP contribution is 2.19. The van der Waals surface area contributed by atoms with Crippen LogP contribution in [0.3, 0.4) is 0 Å². The SMILES string of the molecule is O=C(NCc1cccc2ccccc12)c1cccc(-n2c(=O)[nH]c3cccc(Cl)c3c2=O)c1. The Bertz CT molecular complexity index is 1650. The molecule has 4 aromatic carbocycles. The van der Waals surface area contributed by atoms with Crippen molar-refractivity contribution < 1.29 is 4.79 Å². The Morgan fingerprint density at radius 1 is 0.909 bits per heavy atom. The first kappa shape index (κ1) is 20.7. The minimum Gasteiger partial charge on any atom is -0.348 e. The molecule has 0 aliphatic heterocycles. The van der Waals surface area contributed by atoms with E-state index in [0.29, 0.717) is 17.6 Å². The van der Waals surface area contributed by atoms with E-state index in [1.165, 1.54) is 6.07 Å². The number of carbonyl (C=O) groups excluding carboxylic acids is 1. The van der Waals surface area contributed by atoms with Gasteiger partial charge in [0.15, 0.2) is 0 Å². The van der Waals surface area contributed by atoms with Crippen molar-refractivity contribution in [1.82, 2.24) is 14.9 Å². The first-order valence-electron chi connectivity index (χ1n) is 10.3. The molecular formula is C26H18ClN3O3. The summed E-state index contributed by atoms with van der Waals surface area (Å²) < 4.78 is 0.982. The molecule has 1 heterocycles. The fourth-order valence-corrected chi connectivity index (χ4v) is 4.22.